The van der Waals surface area contributed by atoms with E-state index in [1.807, 2.05) is 31.2 Å². The quantitative estimate of drug-likeness (QED) is 0.508. The third-order valence-corrected chi connectivity index (χ3v) is 8.50. The van der Waals surface area contributed by atoms with Gasteiger partial charge in [0, 0.05) is 43.5 Å². The van der Waals surface area contributed by atoms with Crippen molar-refractivity contribution in [2.24, 2.45) is 0 Å². The van der Waals surface area contributed by atoms with Crippen molar-refractivity contribution >= 4 is 23.3 Å². The smallest absolute Gasteiger partial charge is 0.246 e. The van der Waals surface area contributed by atoms with Gasteiger partial charge in [0.05, 0.1) is 29.6 Å². The Morgan fingerprint density at radius 2 is 2.10 bits per heavy atom. The predicted octanol–water partition coefficient (Wildman–Crippen LogP) is 3.73. The zero-order valence-corrected chi connectivity index (χ0v) is 22.6. The van der Waals surface area contributed by atoms with Gasteiger partial charge in [0.25, 0.3) is 0 Å². The summed E-state index contributed by atoms with van der Waals surface area (Å²) in [5.74, 6) is 0.944. The standard InChI is InChI=1S/C31H31N7O2/c1-3-26(39)38-17-16-37(19-22(38)12-14-32)29-27-25(34-28(36-29)23-10-7-15-33-20(23)2)18-31(30(40)35-27)13-6-9-21-8-4-5-11-24(21)31/h3-5,7-8,10-11,15,22H,1,6,9,12-13,16-19H2,2H3,(H,35,40)/t22-,31?/m0/s1. The minimum atomic E-state index is -0.687. The largest absolute Gasteiger partial charge is 0.351 e. The van der Waals surface area contributed by atoms with Crippen LogP contribution in [0.4, 0.5) is 11.5 Å². The highest BCUT2D eigenvalue weighted by Gasteiger charge is 2.48. The van der Waals surface area contributed by atoms with Crippen LogP contribution in [0.15, 0.2) is 55.3 Å². The molecular formula is C31H31N7O2. The molecule has 40 heavy (non-hydrogen) atoms. The predicted molar refractivity (Wildman–Crippen MR) is 152 cm³/mol. The van der Waals surface area contributed by atoms with Gasteiger partial charge in [-0.15, -0.1) is 0 Å². The number of nitrogens with one attached hydrogen (secondary N) is 1. The topological polar surface area (TPSA) is 115 Å². The lowest BCUT2D eigenvalue weighted by Crippen LogP contribution is -2.55. The van der Waals surface area contributed by atoms with E-state index in [1.165, 1.54) is 11.6 Å². The minimum Gasteiger partial charge on any atom is -0.351 e. The first-order valence-electron chi connectivity index (χ1n) is 13.7. The van der Waals surface area contributed by atoms with Crippen molar-refractivity contribution in [3.05, 3.63) is 77.8 Å². The Labute approximate surface area is 233 Å². The number of amides is 2. The molecule has 1 aromatic carbocycles. The summed E-state index contributed by atoms with van der Waals surface area (Å²) < 4.78 is 0. The van der Waals surface area contributed by atoms with Crippen LogP contribution in [-0.4, -0.2) is 57.3 Å². The monoisotopic (exact) mass is 533 g/mol. The van der Waals surface area contributed by atoms with E-state index in [-0.39, 0.29) is 24.3 Å². The second-order valence-corrected chi connectivity index (χ2v) is 10.8. The lowest BCUT2D eigenvalue weighted by Gasteiger charge is -2.44. The molecule has 0 radical (unpaired) electrons. The van der Waals surface area contributed by atoms with E-state index >= 15 is 0 Å². The van der Waals surface area contributed by atoms with Crippen LogP contribution in [0, 0.1) is 18.3 Å². The first-order chi connectivity index (χ1) is 19.4. The molecule has 1 saturated heterocycles. The zero-order valence-electron chi connectivity index (χ0n) is 22.6. The molecule has 1 spiro atoms. The summed E-state index contributed by atoms with van der Waals surface area (Å²) >= 11 is 0. The Hall–Kier alpha value is -4.58. The van der Waals surface area contributed by atoms with Gasteiger partial charge < -0.3 is 15.1 Å². The Morgan fingerprint density at radius 3 is 2.90 bits per heavy atom. The van der Waals surface area contributed by atoms with E-state index in [4.69, 9.17) is 9.97 Å². The first-order valence-corrected chi connectivity index (χ1v) is 13.7. The Kier molecular flexibility index (Phi) is 6.54. The van der Waals surface area contributed by atoms with Gasteiger partial charge in [-0.2, -0.15) is 5.26 Å². The number of aromatic nitrogens is 3. The van der Waals surface area contributed by atoms with Gasteiger partial charge in [-0.1, -0.05) is 30.8 Å². The zero-order chi connectivity index (χ0) is 27.9. The van der Waals surface area contributed by atoms with Gasteiger partial charge in [0.1, 0.15) is 5.69 Å². The fourth-order valence-electron chi connectivity index (χ4n) is 6.49. The van der Waals surface area contributed by atoms with E-state index in [1.54, 1.807) is 11.1 Å². The van der Waals surface area contributed by atoms with Crippen molar-refractivity contribution in [2.45, 2.75) is 50.5 Å². The van der Waals surface area contributed by atoms with Crippen LogP contribution >= 0.6 is 0 Å². The molecular weight excluding hydrogens is 502 g/mol. The Balaban J connectivity index is 1.47. The van der Waals surface area contributed by atoms with E-state index in [2.05, 4.69) is 40.0 Å². The highest BCUT2D eigenvalue weighted by Crippen LogP contribution is 2.46. The number of carbonyl (C=O) groups is 2. The number of pyridine rings is 1. The summed E-state index contributed by atoms with van der Waals surface area (Å²) in [6.45, 7) is 6.88. The fraction of sp³-hybridized carbons (Fsp3) is 0.355. The highest BCUT2D eigenvalue weighted by atomic mass is 16.2. The molecule has 1 fully saturated rings. The third kappa shape index (κ3) is 4.20. The maximum Gasteiger partial charge on any atom is 0.246 e. The summed E-state index contributed by atoms with van der Waals surface area (Å²) in [6.07, 6.45) is 6.34. The van der Waals surface area contributed by atoms with Crippen LogP contribution in [0.2, 0.25) is 0 Å². The molecule has 9 nitrogen and oxygen atoms in total. The lowest BCUT2D eigenvalue weighted by atomic mass is 9.65. The number of hydrogen-bond acceptors (Lipinski definition) is 7. The number of rotatable bonds is 4. The lowest BCUT2D eigenvalue weighted by molar-refractivity contribution is -0.128. The molecule has 2 aliphatic heterocycles. The second-order valence-electron chi connectivity index (χ2n) is 10.8. The molecule has 2 atom stereocenters. The molecule has 6 rings (SSSR count). The number of benzene rings is 1. The molecule has 0 bridgehead atoms. The number of fused-ring (bicyclic) bond motifs is 3. The van der Waals surface area contributed by atoms with E-state index in [0.29, 0.717) is 43.4 Å². The van der Waals surface area contributed by atoms with Crippen LogP contribution < -0.4 is 10.2 Å². The van der Waals surface area contributed by atoms with Crippen LogP contribution in [0.1, 0.15) is 41.8 Å². The van der Waals surface area contributed by atoms with Crippen LogP contribution in [0.5, 0.6) is 0 Å². The molecule has 1 aliphatic carbocycles. The van der Waals surface area contributed by atoms with Gasteiger partial charge in [0.15, 0.2) is 11.6 Å². The Bertz CT molecular complexity index is 1560. The number of hydrogen-bond donors (Lipinski definition) is 1. The van der Waals surface area contributed by atoms with Crippen molar-refractivity contribution in [3.63, 3.8) is 0 Å². The van der Waals surface area contributed by atoms with Crippen LogP contribution in [0.3, 0.4) is 0 Å². The molecule has 1 N–H and O–H groups in total. The number of carbonyl (C=O) groups excluding carboxylic acids is 2. The maximum absolute atomic E-state index is 14.0. The second kappa shape index (κ2) is 10.2. The summed E-state index contributed by atoms with van der Waals surface area (Å²) in [6, 6.07) is 14.0. The number of nitriles is 1. The molecule has 9 heteroatoms. The van der Waals surface area contributed by atoms with Gasteiger partial charge >= 0.3 is 0 Å². The molecule has 4 heterocycles. The van der Waals surface area contributed by atoms with Crippen molar-refractivity contribution in [1.82, 2.24) is 19.9 Å². The summed E-state index contributed by atoms with van der Waals surface area (Å²) in [4.78, 5) is 44.8. The van der Waals surface area contributed by atoms with Crippen molar-refractivity contribution < 1.29 is 9.59 Å². The summed E-state index contributed by atoms with van der Waals surface area (Å²) in [7, 11) is 0. The number of anilines is 2. The highest BCUT2D eigenvalue weighted by molar-refractivity contribution is 6.04. The van der Waals surface area contributed by atoms with Crippen LogP contribution in [0.25, 0.3) is 11.4 Å². The van der Waals surface area contributed by atoms with Crippen molar-refractivity contribution in [1.29, 1.82) is 5.26 Å². The molecule has 202 valence electrons. The number of nitrogens with zero attached hydrogens (tertiary/aromatic N) is 6. The minimum absolute atomic E-state index is 0.0312. The van der Waals surface area contributed by atoms with Gasteiger partial charge in [-0.05, 0) is 55.5 Å². The van der Waals surface area contributed by atoms with E-state index in [0.717, 1.165) is 41.8 Å². The van der Waals surface area contributed by atoms with Crippen molar-refractivity contribution in [3.8, 4) is 17.5 Å². The fourth-order valence-corrected chi connectivity index (χ4v) is 6.49. The SMILES string of the molecule is C=CC(=O)N1CCN(c2nc(-c3cccnc3C)nc3c2NC(=O)C2(CCCc4ccccc42)C3)C[C@@H]1CC#N. The maximum atomic E-state index is 14.0. The van der Waals surface area contributed by atoms with Crippen LogP contribution in [-0.2, 0) is 27.8 Å². The van der Waals surface area contributed by atoms with E-state index in [9.17, 15) is 14.9 Å². The molecule has 2 amide bonds. The first kappa shape index (κ1) is 25.7. The van der Waals surface area contributed by atoms with Crippen molar-refractivity contribution in [2.75, 3.05) is 29.9 Å². The molecule has 2 aromatic heterocycles. The Morgan fingerprint density at radius 1 is 1.25 bits per heavy atom. The normalized spacial score (nSPS) is 21.7. The average molecular weight is 534 g/mol. The van der Waals surface area contributed by atoms with Gasteiger partial charge in [0.2, 0.25) is 11.8 Å². The molecule has 0 saturated carbocycles. The third-order valence-electron chi connectivity index (χ3n) is 8.50. The summed E-state index contributed by atoms with van der Waals surface area (Å²) in [5, 5.41) is 12.7. The molecule has 3 aromatic rings. The number of piperazine rings is 1. The summed E-state index contributed by atoms with van der Waals surface area (Å²) in [5.41, 5.74) is 4.66. The number of aryl methyl sites for hydroxylation is 2. The van der Waals surface area contributed by atoms with E-state index < -0.39 is 5.41 Å². The van der Waals surface area contributed by atoms with Gasteiger partial charge in [-0.3, -0.25) is 14.6 Å². The molecule has 3 aliphatic rings. The van der Waals surface area contributed by atoms with Gasteiger partial charge in [-0.25, -0.2) is 9.97 Å². The molecule has 1 unspecified atom stereocenters. The average Bonchev–Trinajstić information content (AvgIpc) is 2.97.